The standard InChI is InChI=1S/C12H15ClN2O5S/c1-12(16)4-6-14(7-5-12)21(19,20)9-2-3-10(13)11(8-9)15(17)18/h2-3,8,16H,4-7H2,1H3. The summed E-state index contributed by atoms with van der Waals surface area (Å²) in [5, 5.41) is 20.6. The van der Waals surface area contributed by atoms with Gasteiger partial charge in [-0.1, -0.05) is 11.6 Å². The van der Waals surface area contributed by atoms with Gasteiger partial charge in [0.05, 0.1) is 15.4 Å². The molecule has 1 fully saturated rings. The molecule has 0 bridgehead atoms. The third-order valence-corrected chi connectivity index (χ3v) is 5.77. The van der Waals surface area contributed by atoms with Crippen LogP contribution in [0.1, 0.15) is 19.8 Å². The van der Waals surface area contributed by atoms with E-state index in [-0.39, 0.29) is 23.0 Å². The van der Waals surface area contributed by atoms with E-state index >= 15 is 0 Å². The number of nitro benzene ring substituents is 1. The first-order chi connectivity index (χ1) is 9.63. The van der Waals surface area contributed by atoms with E-state index in [2.05, 4.69) is 0 Å². The van der Waals surface area contributed by atoms with E-state index in [1.54, 1.807) is 6.92 Å². The van der Waals surface area contributed by atoms with E-state index in [1.807, 2.05) is 0 Å². The van der Waals surface area contributed by atoms with Gasteiger partial charge < -0.3 is 5.11 Å². The van der Waals surface area contributed by atoms with Gasteiger partial charge in [-0.15, -0.1) is 0 Å². The topological polar surface area (TPSA) is 101 Å². The summed E-state index contributed by atoms with van der Waals surface area (Å²) in [5.74, 6) is 0. The molecule has 1 aromatic rings. The maximum absolute atomic E-state index is 12.5. The number of rotatable bonds is 3. The van der Waals surface area contributed by atoms with Gasteiger partial charge in [0, 0.05) is 19.2 Å². The minimum Gasteiger partial charge on any atom is -0.390 e. The van der Waals surface area contributed by atoms with Crippen LogP contribution in [-0.2, 0) is 10.0 Å². The lowest BCUT2D eigenvalue weighted by Gasteiger charge is -2.34. The quantitative estimate of drug-likeness (QED) is 0.670. The van der Waals surface area contributed by atoms with Crippen molar-refractivity contribution in [3.05, 3.63) is 33.3 Å². The number of hydrogen-bond donors (Lipinski definition) is 1. The van der Waals surface area contributed by atoms with Gasteiger partial charge in [-0.3, -0.25) is 10.1 Å². The Morgan fingerprint density at radius 1 is 1.38 bits per heavy atom. The minimum atomic E-state index is -3.83. The number of nitrogens with zero attached hydrogens (tertiary/aromatic N) is 2. The fraction of sp³-hybridized carbons (Fsp3) is 0.500. The van der Waals surface area contributed by atoms with Crippen LogP contribution in [0, 0.1) is 10.1 Å². The largest absolute Gasteiger partial charge is 0.390 e. The summed E-state index contributed by atoms with van der Waals surface area (Å²) in [6.45, 7) is 2.00. The molecular formula is C12H15ClN2O5S. The summed E-state index contributed by atoms with van der Waals surface area (Å²) < 4.78 is 26.1. The maximum Gasteiger partial charge on any atom is 0.289 e. The van der Waals surface area contributed by atoms with Crippen LogP contribution in [0.3, 0.4) is 0 Å². The molecule has 0 saturated carbocycles. The zero-order chi connectivity index (χ0) is 15.8. The van der Waals surface area contributed by atoms with Crippen LogP contribution >= 0.6 is 11.6 Å². The van der Waals surface area contributed by atoms with Gasteiger partial charge in [0.1, 0.15) is 5.02 Å². The summed E-state index contributed by atoms with van der Waals surface area (Å²) in [5.41, 5.74) is -1.32. The fourth-order valence-corrected chi connectivity index (χ4v) is 3.80. The van der Waals surface area contributed by atoms with E-state index in [0.29, 0.717) is 12.8 Å². The molecule has 7 nitrogen and oxygen atoms in total. The van der Waals surface area contributed by atoms with Crippen molar-refractivity contribution in [2.24, 2.45) is 0 Å². The van der Waals surface area contributed by atoms with Crippen molar-refractivity contribution in [1.29, 1.82) is 0 Å². The summed E-state index contributed by atoms with van der Waals surface area (Å²) >= 11 is 5.68. The van der Waals surface area contributed by atoms with Crippen molar-refractivity contribution in [3.8, 4) is 0 Å². The number of hydrogen-bond acceptors (Lipinski definition) is 5. The number of nitro groups is 1. The first-order valence-corrected chi connectivity index (χ1v) is 8.12. The Hall–Kier alpha value is -1.22. The van der Waals surface area contributed by atoms with Crippen LogP contribution in [-0.4, -0.2) is 41.4 Å². The zero-order valence-electron chi connectivity index (χ0n) is 11.3. The second kappa shape index (κ2) is 5.53. The SMILES string of the molecule is CC1(O)CCN(S(=O)(=O)c2ccc(Cl)c([N+](=O)[O-])c2)CC1. The van der Waals surface area contributed by atoms with Crippen molar-refractivity contribution in [2.45, 2.75) is 30.3 Å². The monoisotopic (exact) mass is 334 g/mol. The van der Waals surface area contributed by atoms with Crippen LogP contribution in [0.5, 0.6) is 0 Å². The molecule has 0 unspecified atom stereocenters. The van der Waals surface area contributed by atoms with Gasteiger partial charge >= 0.3 is 0 Å². The number of halogens is 1. The molecule has 21 heavy (non-hydrogen) atoms. The predicted molar refractivity (Wildman–Crippen MR) is 76.7 cm³/mol. The Labute approximate surface area is 127 Å². The molecule has 1 aliphatic rings. The fourth-order valence-electron chi connectivity index (χ4n) is 2.15. The number of piperidine rings is 1. The van der Waals surface area contributed by atoms with Crippen LogP contribution < -0.4 is 0 Å². The van der Waals surface area contributed by atoms with Crippen LogP contribution in [0.15, 0.2) is 23.1 Å². The van der Waals surface area contributed by atoms with Crippen LogP contribution in [0.2, 0.25) is 5.02 Å². The lowest BCUT2D eigenvalue weighted by atomic mass is 9.95. The van der Waals surface area contributed by atoms with Crippen molar-refractivity contribution in [1.82, 2.24) is 4.31 Å². The van der Waals surface area contributed by atoms with Gasteiger partial charge in [-0.25, -0.2) is 8.42 Å². The predicted octanol–water partition coefficient (Wildman–Crippen LogP) is 1.78. The van der Waals surface area contributed by atoms with Crippen molar-refractivity contribution >= 4 is 27.3 Å². The zero-order valence-corrected chi connectivity index (χ0v) is 12.9. The van der Waals surface area contributed by atoms with Gasteiger partial charge in [-0.2, -0.15) is 4.31 Å². The molecule has 116 valence electrons. The number of sulfonamides is 1. The van der Waals surface area contributed by atoms with Crippen molar-refractivity contribution < 1.29 is 18.4 Å². The first-order valence-electron chi connectivity index (χ1n) is 6.30. The number of aliphatic hydroxyl groups is 1. The molecule has 1 heterocycles. The molecule has 0 radical (unpaired) electrons. The highest BCUT2D eigenvalue weighted by atomic mass is 35.5. The Morgan fingerprint density at radius 3 is 2.48 bits per heavy atom. The van der Waals surface area contributed by atoms with E-state index in [1.165, 1.54) is 16.4 Å². The van der Waals surface area contributed by atoms with E-state index in [9.17, 15) is 23.6 Å². The molecule has 1 saturated heterocycles. The maximum atomic E-state index is 12.5. The van der Waals surface area contributed by atoms with E-state index in [0.717, 1.165) is 6.07 Å². The van der Waals surface area contributed by atoms with Gasteiger partial charge in [0.25, 0.3) is 5.69 Å². The van der Waals surface area contributed by atoms with E-state index < -0.39 is 26.2 Å². The number of benzene rings is 1. The molecule has 2 rings (SSSR count). The summed E-state index contributed by atoms with van der Waals surface area (Å²) in [7, 11) is -3.83. The van der Waals surface area contributed by atoms with Crippen molar-refractivity contribution in [2.75, 3.05) is 13.1 Å². The van der Waals surface area contributed by atoms with Gasteiger partial charge in [0.15, 0.2) is 0 Å². The minimum absolute atomic E-state index is 0.111. The Balaban J connectivity index is 2.33. The molecule has 0 aliphatic carbocycles. The average Bonchev–Trinajstić information content (AvgIpc) is 2.38. The van der Waals surface area contributed by atoms with Crippen molar-refractivity contribution in [3.63, 3.8) is 0 Å². The van der Waals surface area contributed by atoms with Gasteiger partial charge in [0.2, 0.25) is 10.0 Å². The molecule has 0 amide bonds. The molecule has 0 spiro atoms. The highest BCUT2D eigenvalue weighted by molar-refractivity contribution is 7.89. The van der Waals surface area contributed by atoms with E-state index in [4.69, 9.17) is 11.6 Å². The Kier molecular flexibility index (Phi) is 4.25. The molecule has 0 aromatic heterocycles. The third-order valence-electron chi connectivity index (χ3n) is 3.55. The Morgan fingerprint density at radius 2 is 1.95 bits per heavy atom. The normalized spacial score (nSPS) is 19.4. The van der Waals surface area contributed by atoms with Crippen LogP contribution in [0.4, 0.5) is 5.69 Å². The summed E-state index contributed by atoms with van der Waals surface area (Å²) in [6, 6.07) is 3.41. The molecule has 9 heteroatoms. The highest BCUT2D eigenvalue weighted by Crippen LogP contribution is 2.30. The van der Waals surface area contributed by atoms with Crippen LogP contribution in [0.25, 0.3) is 0 Å². The molecule has 1 aliphatic heterocycles. The summed E-state index contributed by atoms with van der Waals surface area (Å²) in [6.07, 6.45) is 0.643. The lowest BCUT2D eigenvalue weighted by Crippen LogP contribution is -2.45. The highest BCUT2D eigenvalue weighted by Gasteiger charge is 2.34. The Bertz CT molecular complexity index is 664. The molecular weight excluding hydrogens is 320 g/mol. The summed E-state index contributed by atoms with van der Waals surface area (Å²) in [4.78, 5) is 9.96. The second-order valence-corrected chi connectivity index (χ2v) is 7.62. The van der Waals surface area contributed by atoms with Gasteiger partial charge in [-0.05, 0) is 31.9 Å². The first kappa shape index (κ1) is 16.2. The second-order valence-electron chi connectivity index (χ2n) is 5.27. The molecule has 1 aromatic carbocycles. The molecule has 1 N–H and O–H groups in total. The third kappa shape index (κ3) is 3.34. The smallest absolute Gasteiger partial charge is 0.289 e. The average molecular weight is 335 g/mol. The lowest BCUT2D eigenvalue weighted by molar-refractivity contribution is -0.384. The molecule has 0 atom stereocenters.